The lowest BCUT2D eigenvalue weighted by Gasteiger charge is -2.15. The minimum absolute atomic E-state index is 0.334. The van der Waals surface area contributed by atoms with Crippen LogP contribution in [0.25, 0.3) is 0 Å². The number of hydrogen-bond acceptors (Lipinski definition) is 6. The molecule has 0 fully saturated rings. The van der Waals surface area contributed by atoms with Gasteiger partial charge in [0, 0.05) is 23.9 Å². The molecule has 0 radical (unpaired) electrons. The molecule has 7 heteroatoms. The van der Waals surface area contributed by atoms with Crippen LogP contribution in [-0.4, -0.2) is 38.8 Å². The molecule has 0 spiro atoms. The number of carbonyl (C=O) groups excluding carboxylic acids is 2. The van der Waals surface area contributed by atoms with Gasteiger partial charge in [-0.3, -0.25) is 4.79 Å². The summed E-state index contributed by atoms with van der Waals surface area (Å²) in [4.78, 5) is 24.5. The van der Waals surface area contributed by atoms with Crippen molar-refractivity contribution in [1.82, 2.24) is 0 Å². The maximum absolute atomic E-state index is 12.3. The quantitative estimate of drug-likeness (QED) is 0.715. The summed E-state index contributed by atoms with van der Waals surface area (Å²) < 4.78 is 20.9. The van der Waals surface area contributed by atoms with Crippen LogP contribution in [0.15, 0.2) is 42.5 Å². The first kappa shape index (κ1) is 20.1. The van der Waals surface area contributed by atoms with Crippen molar-refractivity contribution in [2.75, 3.05) is 26.1 Å². The third-order valence-electron chi connectivity index (χ3n) is 3.67. The van der Waals surface area contributed by atoms with Crippen molar-refractivity contribution in [3.63, 3.8) is 0 Å². The third kappa shape index (κ3) is 5.64. The molecule has 0 bridgehead atoms. The number of benzene rings is 2. The van der Waals surface area contributed by atoms with Crippen LogP contribution in [0.4, 0.5) is 5.69 Å². The molecule has 7 nitrogen and oxygen atoms in total. The molecule has 144 valence electrons. The van der Waals surface area contributed by atoms with Gasteiger partial charge in [-0.1, -0.05) is 0 Å². The van der Waals surface area contributed by atoms with E-state index in [0.717, 1.165) is 0 Å². The van der Waals surface area contributed by atoms with Crippen molar-refractivity contribution in [2.45, 2.75) is 20.0 Å². The van der Waals surface area contributed by atoms with Crippen LogP contribution >= 0.6 is 0 Å². The topological polar surface area (TPSA) is 83.1 Å². The van der Waals surface area contributed by atoms with Crippen molar-refractivity contribution in [2.24, 2.45) is 0 Å². The molecule has 0 saturated heterocycles. The molecule has 2 aromatic carbocycles. The molecule has 0 aliphatic heterocycles. The highest BCUT2D eigenvalue weighted by Gasteiger charge is 2.19. The predicted molar refractivity (Wildman–Crippen MR) is 101 cm³/mol. The van der Waals surface area contributed by atoms with Crippen LogP contribution in [0, 0.1) is 0 Å². The van der Waals surface area contributed by atoms with Crippen molar-refractivity contribution < 1.29 is 28.5 Å². The van der Waals surface area contributed by atoms with Gasteiger partial charge in [-0.2, -0.15) is 0 Å². The summed E-state index contributed by atoms with van der Waals surface area (Å²) in [5, 5.41) is 2.68. The van der Waals surface area contributed by atoms with Gasteiger partial charge in [-0.15, -0.1) is 0 Å². The fourth-order valence-corrected chi connectivity index (χ4v) is 2.26. The molecule has 0 aromatic heterocycles. The molecule has 1 atom stereocenters. The maximum atomic E-state index is 12.3. The first-order chi connectivity index (χ1) is 13.0. The highest BCUT2D eigenvalue weighted by Crippen LogP contribution is 2.26. The number of carbonyl (C=O) groups is 2. The van der Waals surface area contributed by atoms with Gasteiger partial charge in [-0.05, 0) is 38.1 Å². The summed E-state index contributed by atoms with van der Waals surface area (Å²) in [5.41, 5.74) is 0.807. The number of rotatable bonds is 8. The number of anilines is 1. The molecule has 1 amide bonds. The summed E-state index contributed by atoms with van der Waals surface area (Å²) >= 11 is 0. The van der Waals surface area contributed by atoms with E-state index < -0.39 is 18.0 Å². The molecule has 2 rings (SSSR count). The van der Waals surface area contributed by atoms with E-state index in [0.29, 0.717) is 35.1 Å². The van der Waals surface area contributed by atoms with E-state index in [1.807, 2.05) is 6.92 Å². The average molecular weight is 373 g/mol. The summed E-state index contributed by atoms with van der Waals surface area (Å²) in [6.45, 7) is 3.91. The van der Waals surface area contributed by atoms with Crippen LogP contribution < -0.4 is 19.5 Å². The lowest BCUT2D eigenvalue weighted by molar-refractivity contribution is -0.123. The van der Waals surface area contributed by atoms with Crippen LogP contribution in [0.2, 0.25) is 0 Å². The Morgan fingerprint density at radius 3 is 2.07 bits per heavy atom. The van der Waals surface area contributed by atoms with Crippen molar-refractivity contribution >= 4 is 17.6 Å². The average Bonchev–Trinajstić information content (AvgIpc) is 2.68. The van der Waals surface area contributed by atoms with Gasteiger partial charge >= 0.3 is 5.97 Å². The van der Waals surface area contributed by atoms with Gasteiger partial charge in [0.05, 0.1) is 26.4 Å². The minimum atomic E-state index is -0.985. The molecule has 0 saturated carbocycles. The van der Waals surface area contributed by atoms with E-state index in [-0.39, 0.29) is 0 Å². The monoisotopic (exact) mass is 373 g/mol. The zero-order chi connectivity index (χ0) is 19.8. The normalized spacial score (nSPS) is 11.3. The van der Waals surface area contributed by atoms with Crippen LogP contribution in [0.5, 0.6) is 17.2 Å². The Hall–Kier alpha value is -3.22. The van der Waals surface area contributed by atoms with Crippen LogP contribution in [0.3, 0.4) is 0 Å². The molecule has 2 aromatic rings. The Labute approximate surface area is 158 Å². The number of nitrogens with one attached hydrogen (secondary N) is 1. The highest BCUT2D eigenvalue weighted by atomic mass is 16.5. The zero-order valence-electron chi connectivity index (χ0n) is 15.8. The van der Waals surface area contributed by atoms with Gasteiger partial charge in [0.25, 0.3) is 5.91 Å². The van der Waals surface area contributed by atoms with Crippen LogP contribution in [0.1, 0.15) is 24.2 Å². The Bertz CT molecular complexity index is 765. The molecule has 1 N–H and O–H groups in total. The lowest BCUT2D eigenvalue weighted by Crippen LogP contribution is -2.30. The van der Waals surface area contributed by atoms with Crippen molar-refractivity contribution in [3.05, 3.63) is 48.0 Å². The zero-order valence-corrected chi connectivity index (χ0v) is 15.8. The van der Waals surface area contributed by atoms with Crippen molar-refractivity contribution in [1.29, 1.82) is 0 Å². The number of esters is 1. The number of amides is 1. The Morgan fingerprint density at radius 2 is 1.56 bits per heavy atom. The third-order valence-corrected chi connectivity index (χ3v) is 3.67. The van der Waals surface area contributed by atoms with E-state index in [2.05, 4.69) is 5.32 Å². The highest BCUT2D eigenvalue weighted by molar-refractivity contribution is 5.97. The lowest BCUT2D eigenvalue weighted by atomic mass is 10.2. The van der Waals surface area contributed by atoms with Crippen LogP contribution in [-0.2, 0) is 9.53 Å². The second-order valence-corrected chi connectivity index (χ2v) is 5.60. The minimum Gasteiger partial charge on any atom is -0.497 e. The summed E-state index contributed by atoms with van der Waals surface area (Å²) in [7, 11) is 3.03. The molecule has 0 aliphatic carbocycles. The van der Waals surface area contributed by atoms with E-state index in [4.69, 9.17) is 18.9 Å². The second-order valence-electron chi connectivity index (χ2n) is 5.60. The van der Waals surface area contributed by atoms with E-state index >= 15 is 0 Å². The summed E-state index contributed by atoms with van der Waals surface area (Å²) in [6.07, 6.45) is -0.985. The Balaban J connectivity index is 1.99. The molecular formula is C20H23NO6. The van der Waals surface area contributed by atoms with Gasteiger partial charge in [0.2, 0.25) is 0 Å². The van der Waals surface area contributed by atoms with E-state index in [1.165, 1.54) is 21.1 Å². The Kier molecular flexibility index (Phi) is 7.05. The number of ether oxygens (including phenoxy) is 4. The molecule has 27 heavy (non-hydrogen) atoms. The smallest absolute Gasteiger partial charge is 0.338 e. The van der Waals surface area contributed by atoms with Crippen molar-refractivity contribution in [3.8, 4) is 17.2 Å². The fourth-order valence-electron chi connectivity index (χ4n) is 2.26. The summed E-state index contributed by atoms with van der Waals surface area (Å²) in [6, 6.07) is 11.5. The first-order valence-corrected chi connectivity index (χ1v) is 8.44. The molecule has 1 unspecified atom stereocenters. The molecule has 0 heterocycles. The SMILES string of the molecule is CCOc1ccc(C(=O)OC(C)C(=O)Nc2cc(OC)cc(OC)c2)cc1. The Morgan fingerprint density at radius 1 is 0.963 bits per heavy atom. The van der Waals surface area contributed by atoms with Gasteiger partial charge in [0.15, 0.2) is 6.10 Å². The number of methoxy groups -OCH3 is 2. The summed E-state index contributed by atoms with van der Waals surface area (Å²) in [5.74, 6) is 0.660. The van der Waals surface area contributed by atoms with Gasteiger partial charge < -0.3 is 24.3 Å². The first-order valence-electron chi connectivity index (χ1n) is 8.44. The molecular weight excluding hydrogens is 350 g/mol. The van der Waals surface area contributed by atoms with E-state index in [1.54, 1.807) is 42.5 Å². The predicted octanol–water partition coefficient (Wildman–Crippen LogP) is 3.29. The second kappa shape index (κ2) is 9.47. The fraction of sp³-hybridized carbons (Fsp3) is 0.300. The van der Waals surface area contributed by atoms with Gasteiger partial charge in [-0.25, -0.2) is 4.79 Å². The molecule has 0 aliphatic rings. The largest absolute Gasteiger partial charge is 0.497 e. The van der Waals surface area contributed by atoms with E-state index in [9.17, 15) is 9.59 Å². The maximum Gasteiger partial charge on any atom is 0.338 e. The van der Waals surface area contributed by atoms with Gasteiger partial charge in [0.1, 0.15) is 17.2 Å². The standard InChI is InChI=1S/C20H23NO6/c1-5-26-16-8-6-14(7-9-16)20(23)27-13(2)19(22)21-15-10-17(24-3)12-18(11-15)25-4/h6-13H,5H2,1-4H3,(H,21,22). The number of hydrogen-bond donors (Lipinski definition) is 1.